The average Bonchev–Trinajstić information content (AvgIpc) is 2.78. The summed E-state index contributed by atoms with van der Waals surface area (Å²) in [6.07, 6.45) is 3.08. The van der Waals surface area contributed by atoms with Gasteiger partial charge in [-0.25, -0.2) is 0 Å². The molecular formula is C26H32N2O2. The van der Waals surface area contributed by atoms with Gasteiger partial charge in [-0.05, 0) is 41.4 Å². The third-order valence-electron chi connectivity index (χ3n) is 6.51. The molecule has 30 heavy (non-hydrogen) atoms. The molecule has 1 fully saturated rings. The number of fused-ring (bicyclic) bond motifs is 1. The van der Waals surface area contributed by atoms with Gasteiger partial charge in [0.05, 0.1) is 0 Å². The summed E-state index contributed by atoms with van der Waals surface area (Å²) >= 11 is 0. The highest BCUT2D eigenvalue weighted by molar-refractivity contribution is 5.88. The van der Waals surface area contributed by atoms with Gasteiger partial charge in [-0.3, -0.25) is 9.59 Å². The molecule has 2 amide bonds. The van der Waals surface area contributed by atoms with E-state index in [4.69, 9.17) is 0 Å². The standard InChI is InChI=1S/C26H32N2O2/c1-19(2)16-25(29)28-18-23-11-7-6-10-22(23)17-24(28)26(30)27-14-12-21(13-15-27)20-8-4-3-5-9-20/h3-11,19,21,24H,12-18H2,1-2H3. The number of nitrogens with zero attached hydrogens (tertiary/aromatic N) is 2. The fourth-order valence-electron chi connectivity index (χ4n) is 4.84. The lowest BCUT2D eigenvalue weighted by molar-refractivity contribution is -0.148. The van der Waals surface area contributed by atoms with Crippen LogP contribution in [0, 0.1) is 5.92 Å². The minimum atomic E-state index is -0.376. The van der Waals surface area contributed by atoms with Gasteiger partial charge < -0.3 is 9.80 Å². The van der Waals surface area contributed by atoms with Crippen molar-refractivity contribution in [1.82, 2.24) is 9.80 Å². The predicted molar refractivity (Wildman–Crippen MR) is 119 cm³/mol. The summed E-state index contributed by atoms with van der Waals surface area (Å²) in [5, 5.41) is 0. The van der Waals surface area contributed by atoms with Crippen LogP contribution in [0.3, 0.4) is 0 Å². The first kappa shape index (κ1) is 20.6. The van der Waals surface area contributed by atoms with Gasteiger partial charge in [-0.2, -0.15) is 0 Å². The summed E-state index contributed by atoms with van der Waals surface area (Å²) in [5.74, 6) is 1.01. The lowest BCUT2D eigenvalue weighted by atomic mass is 9.88. The summed E-state index contributed by atoms with van der Waals surface area (Å²) in [5.41, 5.74) is 3.73. The van der Waals surface area contributed by atoms with Crippen LogP contribution in [0.15, 0.2) is 54.6 Å². The monoisotopic (exact) mass is 404 g/mol. The van der Waals surface area contributed by atoms with Crippen LogP contribution in [-0.2, 0) is 22.6 Å². The number of carbonyl (C=O) groups is 2. The van der Waals surface area contributed by atoms with E-state index in [9.17, 15) is 9.59 Å². The van der Waals surface area contributed by atoms with Crippen molar-refractivity contribution in [3.05, 3.63) is 71.3 Å². The Bertz CT molecular complexity index is 885. The SMILES string of the molecule is CC(C)CC(=O)N1Cc2ccccc2CC1C(=O)N1CCC(c2ccccc2)CC1. The molecule has 2 heterocycles. The van der Waals surface area contributed by atoms with Gasteiger partial charge in [-0.15, -0.1) is 0 Å². The van der Waals surface area contributed by atoms with E-state index in [1.807, 2.05) is 28.0 Å². The maximum Gasteiger partial charge on any atom is 0.245 e. The summed E-state index contributed by atoms with van der Waals surface area (Å²) in [6, 6.07) is 18.4. The van der Waals surface area contributed by atoms with Gasteiger partial charge in [0.2, 0.25) is 11.8 Å². The van der Waals surface area contributed by atoms with Crippen LogP contribution in [-0.4, -0.2) is 40.7 Å². The van der Waals surface area contributed by atoms with E-state index < -0.39 is 0 Å². The quantitative estimate of drug-likeness (QED) is 0.758. The van der Waals surface area contributed by atoms with Crippen molar-refractivity contribution in [2.75, 3.05) is 13.1 Å². The molecule has 4 heteroatoms. The van der Waals surface area contributed by atoms with Gasteiger partial charge in [0.25, 0.3) is 0 Å². The highest BCUT2D eigenvalue weighted by atomic mass is 16.2. The van der Waals surface area contributed by atoms with Gasteiger partial charge in [0, 0.05) is 32.5 Å². The normalized spacial score (nSPS) is 19.6. The maximum absolute atomic E-state index is 13.5. The Morgan fingerprint density at radius 1 is 0.933 bits per heavy atom. The molecule has 2 aromatic carbocycles. The molecule has 2 aliphatic rings. The van der Waals surface area contributed by atoms with Crippen molar-refractivity contribution in [2.24, 2.45) is 5.92 Å². The highest BCUT2D eigenvalue weighted by Crippen LogP contribution is 2.30. The third-order valence-corrected chi connectivity index (χ3v) is 6.51. The van der Waals surface area contributed by atoms with Crippen LogP contribution in [0.5, 0.6) is 0 Å². The minimum absolute atomic E-state index is 0.0945. The van der Waals surface area contributed by atoms with Crippen LogP contribution in [0.2, 0.25) is 0 Å². The van der Waals surface area contributed by atoms with Crippen LogP contribution < -0.4 is 0 Å². The van der Waals surface area contributed by atoms with Crippen LogP contribution in [0.25, 0.3) is 0 Å². The summed E-state index contributed by atoms with van der Waals surface area (Å²) < 4.78 is 0. The van der Waals surface area contributed by atoms with Crippen molar-refractivity contribution >= 4 is 11.8 Å². The molecule has 158 valence electrons. The smallest absolute Gasteiger partial charge is 0.245 e. The highest BCUT2D eigenvalue weighted by Gasteiger charge is 2.37. The molecule has 0 aromatic heterocycles. The van der Waals surface area contributed by atoms with E-state index in [-0.39, 0.29) is 23.8 Å². The van der Waals surface area contributed by atoms with Crippen LogP contribution in [0.1, 0.15) is 55.7 Å². The fourth-order valence-corrected chi connectivity index (χ4v) is 4.84. The first-order valence-corrected chi connectivity index (χ1v) is 11.2. The van der Waals surface area contributed by atoms with Gasteiger partial charge in [0.1, 0.15) is 6.04 Å². The number of carbonyl (C=O) groups excluding carboxylic acids is 2. The molecule has 0 spiro atoms. The fraction of sp³-hybridized carbons (Fsp3) is 0.462. The second kappa shape index (κ2) is 9.03. The number of rotatable bonds is 4. The van der Waals surface area contributed by atoms with Crippen molar-refractivity contribution in [3.8, 4) is 0 Å². The van der Waals surface area contributed by atoms with Gasteiger partial charge >= 0.3 is 0 Å². The maximum atomic E-state index is 13.5. The zero-order valence-electron chi connectivity index (χ0n) is 18.1. The third kappa shape index (κ3) is 4.43. The molecule has 1 atom stereocenters. The van der Waals surface area contributed by atoms with Crippen molar-refractivity contribution in [1.29, 1.82) is 0 Å². The van der Waals surface area contributed by atoms with Gasteiger partial charge in [-0.1, -0.05) is 68.4 Å². The van der Waals surface area contributed by atoms with Gasteiger partial charge in [0.15, 0.2) is 0 Å². The zero-order valence-corrected chi connectivity index (χ0v) is 18.1. The summed E-state index contributed by atoms with van der Waals surface area (Å²) in [4.78, 5) is 30.4. The number of benzene rings is 2. The van der Waals surface area contributed by atoms with E-state index in [1.165, 1.54) is 16.7 Å². The number of hydrogen-bond acceptors (Lipinski definition) is 2. The van der Waals surface area contributed by atoms with Crippen LogP contribution in [0.4, 0.5) is 0 Å². The Morgan fingerprint density at radius 3 is 2.23 bits per heavy atom. The first-order chi connectivity index (χ1) is 14.5. The first-order valence-electron chi connectivity index (χ1n) is 11.2. The number of piperidine rings is 1. The minimum Gasteiger partial charge on any atom is -0.341 e. The molecule has 0 bridgehead atoms. The topological polar surface area (TPSA) is 40.6 Å². The molecule has 1 unspecified atom stereocenters. The van der Waals surface area contributed by atoms with E-state index in [0.717, 1.165) is 25.9 Å². The molecule has 0 saturated carbocycles. The van der Waals surface area contributed by atoms with E-state index >= 15 is 0 Å². The van der Waals surface area contributed by atoms with Crippen molar-refractivity contribution < 1.29 is 9.59 Å². The lowest BCUT2D eigenvalue weighted by Crippen LogP contribution is -2.55. The van der Waals surface area contributed by atoms with E-state index in [0.29, 0.717) is 25.3 Å². The molecular weight excluding hydrogens is 372 g/mol. The number of hydrogen-bond donors (Lipinski definition) is 0. The second-order valence-corrected chi connectivity index (χ2v) is 9.12. The van der Waals surface area contributed by atoms with E-state index in [1.54, 1.807) is 0 Å². The molecule has 2 aliphatic heterocycles. The second-order valence-electron chi connectivity index (χ2n) is 9.12. The molecule has 0 aliphatic carbocycles. The molecule has 0 N–H and O–H groups in total. The number of amides is 2. The Hall–Kier alpha value is -2.62. The molecule has 1 saturated heterocycles. The summed E-state index contributed by atoms with van der Waals surface area (Å²) in [6.45, 7) is 6.19. The number of likely N-dealkylation sites (tertiary alicyclic amines) is 1. The molecule has 0 radical (unpaired) electrons. The Morgan fingerprint density at radius 2 is 1.57 bits per heavy atom. The molecule has 4 nitrogen and oxygen atoms in total. The molecule has 2 aromatic rings. The van der Waals surface area contributed by atoms with Crippen molar-refractivity contribution in [3.63, 3.8) is 0 Å². The Kier molecular flexibility index (Phi) is 6.21. The lowest BCUT2D eigenvalue weighted by Gasteiger charge is -2.41. The predicted octanol–water partition coefficient (Wildman–Crippen LogP) is 4.39. The largest absolute Gasteiger partial charge is 0.341 e. The van der Waals surface area contributed by atoms with Crippen molar-refractivity contribution in [2.45, 2.75) is 58.0 Å². The Labute approximate surface area is 179 Å². The van der Waals surface area contributed by atoms with Crippen LogP contribution >= 0.6 is 0 Å². The zero-order chi connectivity index (χ0) is 21.1. The molecule has 4 rings (SSSR count). The Balaban J connectivity index is 1.49. The van der Waals surface area contributed by atoms with E-state index in [2.05, 4.69) is 50.2 Å². The average molecular weight is 405 g/mol. The summed E-state index contributed by atoms with van der Waals surface area (Å²) in [7, 11) is 0.